The minimum Gasteiger partial charge on any atom is -0.299 e. The van der Waals surface area contributed by atoms with Crippen molar-refractivity contribution in [2.24, 2.45) is 0 Å². The van der Waals surface area contributed by atoms with E-state index in [4.69, 9.17) is 5.26 Å². The molecule has 0 spiro atoms. The van der Waals surface area contributed by atoms with Gasteiger partial charge in [0.1, 0.15) is 6.17 Å². The molecule has 0 radical (unpaired) electrons. The van der Waals surface area contributed by atoms with Crippen LogP contribution < -0.4 is 0 Å². The minimum atomic E-state index is -3.41. The molecule has 1 aromatic rings. The SMILES string of the molecule is N#Cc1ccc(C2CC=C(S(=O)(=O)N3CC[C@@H](N4CCC(F)CC4)C3)CC2)cc1. The lowest BCUT2D eigenvalue weighted by atomic mass is 9.87. The smallest absolute Gasteiger partial charge is 0.238 e. The number of nitriles is 1. The zero-order valence-corrected chi connectivity index (χ0v) is 17.5. The van der Waals surface area contributed by atoms with Crippen molar-refractivity contribution < 1.29 is 12.8 Å². The van der Waals surface area contributed by atoms with Crippen LogP contribution in [-0.2, 0) is 10.0 Å². The maximum absolute atomic E-state index is 13.4. The van der Waals surface area contributed by atoms with Crippen LogP contribution in [0.5, 0.6) is 0 Å². The van der Waals surface area contributed by atoms with Crippen LogP contribution in [0.2, 0.25) is 0 Å². The summed E-state index contributed by atoms with van der Waals surface area (Å²) in [4.78, 5) is 2.81. The molecule has 5 nitrogen and oxygen atoms in total. The second-order valence-corrected chi connectivity index (χ2v) is 10.4. The number of hydrogen-bond acceptors (Lipinski definition) is 4. The molecule has 0 saturated carbocycles. The summed E-state index contributed by atoms with van der Waals surface area (Å²) in [5, 5.41) is 8.93. The highest BCUT2D eigenvalue weighted by molar-refractivity contribution is 7.93. The van der Waals surface area contributed by atoms with Crippen LogP contribution in [0.4, 0.5) is 4.39 Å². The summed E-state index contributed by atoms with van der Waals surface area (Å²) in [6, 6.07) is 9.93. The number of nitrogens with zero attached hydrogens (tertiary/aromatic N) is 3. The average Bonchev–Trinajstić information content (AvgIpc) is 3.26. The third kappa shape index (κ3) is 4.40. The molecule has 0 bridgehead atoms. The van der Waals surface area contributed by atoms with E-state index >= 15 is 0 Å². The number of allylic oxidation sites excluding steroid dienone is 2. The number of alkyl halides is 1. The molecule has 2 aliphatic heterocycles. The first-order chi connectivity index (χ1) is 14.0. The molecule has 2 fully saturated rings. The highest BCUT2D eigenvalue weighted by Gasteiger charge is 2.37. The predicted molar refractivity (Wildman–Crippen MR) is 110 cm³/mol. The average molecular weight is 418 g/mol. The first-order valence-electron chi connectivity index (χ1n) is 10.5. The Bertz CT molecular complexity index is 899. The molecule has 1 aliphatic carbocycles. The van der Waals surface area contributed by atoms with Crippen molar-refractivity contribution in [2.75, 3.05) is 26.2 Å². The maximum atomic E-state index is 13.4. The molecule has 2 atom stereocenters. The molecule has 7 heteroatoms. The van der Waals surface area contributed by atoms with E-state index < -0.39 is 16.2 Å². The largest absolute Gasteiger partial charge is 0.299 e. The number of piperidine rings is 1. The Kier molecular flexibility index (Phi) is 6.05. The van der Waals surface area contributed by atoms with Gasteiger partial charge in [-0.1, -0.05) is 18.2 Å². The summed E-state index contributed by atoms with van der Waals surface area (Å²) in [6.07, 6.45) is 5.21. The van der Waals surface area contributed by atoms with E-state index in [-0.39, 0.29) is 6.04 Å². The van der Waals surface area contributed by atoms with Gasteiger partial charge < -0.3 is 0 Å². The topological polar surface area (TPSA) is 64.4 Å². The van der Waals surface area contributed by atoms with Crippen LogP contribution in [0, 0.1) is 11.3 Å². The van der Waals surface area contributed by atoms with Crippen molar-refractivity contribution in [1.82, 2.24) is 9.21 Å². The normalized spacial score (nSPS) is 27.5. The van der Waals surface area contributed by atoms with Gasteiger partial charge in [0.25, 0.3) is 0 Å². The molecule has 1 aromatic carbocycles. The minimum absolute atomic E-state index is 0.216. The third-order valence-electron chi connectivity index (χ3n) is 6.65. The Labute approximate surface area is 172 Å². The number of likely N-dealkylation sites (tertiary alicyclic amines) is 1. The summed E-state index contributed by atoms with van der Waals surface area (Å²) >= 11 is 0. The van der Waals surface area contributed by atoms with Gasteiger partial charge in [-0.3, -0.25) is 4.90 Å². The molecule has 0 N–H and O–H groups in total. The summed E-state index contributed by atoms with van der Waals surface area (Å²) in [5.41, 5.74) is 1.80. The number of halogens is 1. The van der Waals surface area contributed by atoms with E-state index in [1.54, 1.807) is 4.31 Å². The van der Waals surface area contributed by atoms with Gasteiger partial charge in [-0.2, -0.15) is 9.57 Å². The monoisotopic (exact) mass is 417 g/mol. The predicted octanol–water partition coefficient (Wildman–Crippen LogP) is 3.55. The molecular formula is C22H28FN3O2S. The standard InChI is InChI=1S/C22H28FN3O2S/c23-20-9-12-25(13-10-20)21-11-14-26(16-21)29(27,28)22-7-5-19(6-8-22)18-3-1-17(15-24)2-4-18/h1-4,7,19-21H,5-6,8-14,16H2/t19?,21-/m1/s1. The Balaban J connectivity index is 1.38. The fourth-order valence-electron chi connectivity index (χ4n) is 4.80. The zero-order valence-electron chi connectivity index (χ0n) is 16.6. The number of hydrogen-bond donors (Lipinski definition) is 0. The van der Waals surface area contributed by atoms with E-state index in [0.29, 0.717) is 55.2 Å². The van der Waals surface area contributed by atoms with Crippen LogP contribution in [0.15, 0.2) is 35.2 Å². The zero-order chi connectivity index (χ0) is 20.4. The quantitative estimate of drug-likeness (QED) is 0.752. The van der Waals surface area contributed by atoms with E-state index in [1.807, 2.05) is 30.3 Å². The second kappa shape index (κ2) is 8.55. The van der Waals surface area contributed by atoms with Gasteiger partial charge in [-0.05, 0) is 62.1 Å². The lowest BCUT2D eigenvalue weighted by Gasteiger charge is -2.33. The van der Waals surface area contributed by atoms with Crippen LogP contribution >= 0.6 is 0 Å². The molecule has 0 amide bonds. The highest BCUT2D eigenvalue weighted by atomic mass is 32.2. The maximum Gasteiger partial charge on any atom is 0.238 e. The van der Waals surface area contributed by atoms with Crippen LogP contribution in [0.1, 0.15) is 55.6 Å². The fraction of sp³-hybridized carbons (Fsp3) is 0.591. The van der Waals surface area contributed by atoms with Crippen molar-refractivity contribution in [2.45, 2.75) is 56.7 Å². The molecule has 156 valence electrons. The molecule has 3 aliphatic rings. The van der Waals surface area contributed by atoms with Crippen LogP contribution in [0.3, 0.4) is 0 Å². The first-order valence-corrected chi connectivity index (χ1v) is 12.0. The molecule has 0 aromatic heterocycles. The van der Waals surface area contributed by atoms with Gasteiger partial charge in [0.15, 0.2) is 0 Å². The van der Waals surface area contributed by atoms with Crippen LogP contribution in [-0.4, -0.2) is 56.0 Å². The number of benzene rings is 1. The summed E-state index contributed by atoms with van der Waals surface area (Å²) in [6.45, 7) is 2.54. The summed E-state index contributed by atoms with van der Waals surface area (Å²) in [7, 11) is -3.41. The molecule has 29 heavy (non-hydrogen) atoms. The molecule has 1 unspecified atom stereocenters. The number of sulfonamides is 1. The highest BCUT2D eigenvalue weighted by Crippen LogP contribution is 2.36. The Morgan fingerprint density at radius 2 is 1.76 bits per heavy atom. The van der Waals surface area contributed by atoms with E-state index in [1.165, 1.54) is 0 Å². The van der Waals surface area contributed by atoms with Gasteiger partial charge in [-0.25, -0.2) is 12.8 Å². The van der Waals surface area contributed by atoms with Gasteiger partial charge in [0.2, 0.25) is 10.0 Å². The Hall–Kier alpha value is -1.75. The summed E-state index contributed by atoms with van der Waals surface area (Å²) < 4.78 is 41.3. The van der Waals surface area contributed by atoms with Gasteiger partial charge in [-0.15, -0.1) is 0 Å². The third-order valence-corrected chi connectivity index (χ3v) is 8.70. The van der Waals surface area contributed by atoms with Crippen molar-refractivity contribution >= 4 is 10.0 Å². The second-order valence-electron chi connectivity index (χ2n) is 8.39. The molecular weight excluding hydrogens is 389 g/mol. The summed E-state index contributed by atoms with van der Waals surface area (Å²) in [5.74, 6) is 0.301. The molecule has 2 heterocycles. The van der Waals surface area contributed by atoms with Crippen molar-refractivity contribution in [3.63, 3.8) is 0 Å². The Morgan fingerprint density at radius 1 is 1.03 bits per heavy atom. The van der Waals surface area contributed by atoms with Gasteiger partial charge in [0, 0.05) is 32.2 Å². The van der Waals surface area contributed by atoms with Crippen molar-refractivity contribution in [3.8, 4) is 6.07 Å². The van der Waals surface area contributed by atoms with E-state index in [0.717, 1.165) is 31.5 Å². The first kappa shape index (κ1) is 20.5. The van der Waals surface area contributed by atoms with Gasteiger partial charge in [0.05, 0.1) is 16.5 Å². The molecule has 2 saturated heterocycles. The van der Waals surface area contributed by atoms with E-state index in [2.05, 4.69) is 11.0 Å². The fourth-order valence-corrected chi connectivity index (χ4v) is 6.53. The lowest BCUT2D eigenvalue weighted by molar-refractivity contribution is 0.116. The van der Waals surface area contributed by atoms with Crippen molar-refractivity contribution in [1.29, 1.82) is 5.26 Å². The molecule has 4 rings (SSSR count). The lowest BCUT2D eigenvalue weighted by Crippen LogP contribution is -2.44. The van der Waals surface area contributed by atoms with Crippen molar-refractivity contribution in [3.05, 3.63) is 46.4 Å². The number of rotatable bonds is 4. The van der Waals surface area contributed by atoms with E-state index in [9.17, 15) is 12.8 Å². The Morgan fingerprint density at radius 3 is 2.38 bits per heavy atom. The van der Waals surface area contributed by atoms with Crippen LogP contribution in [0.25, 0.3) is 0 Å². The van der Waals surface area contributed by atoms with Gasteiger partial charge >= 0.3 is 0 Å².